The number of anilines is 1. The maximum Gasteiger partial charge on any atom is 0.160 e. The van der Waals surface area contributed by atoms with Crippen LogP contribution in [-0.2, 0) is 0 Å². The minimum Gasteiger partial charge on any atom is -0.504 e. The number of rotatable bonds is 4. The van der Waals surface area contributed by atoms with Crippen molar-refractivity contribution in [1.82, 2.24) is 0 Å². The molecule has 2 N–H and O–H groups in total. The van der Waals surface area contributed by atoms with E-state index in [-0.39, 0.29) is 5.75 Å². The van der Waals surface area contributed by atoms with Gasteiger partial charge < -0.3 is 15.2 Å². The van der Waals surface area contributed by atoms with E-state index < -0.39 is 0 Å². The van der Waals surface area contributed by atoms with Crippen molar-refractivity contribution in [2.75, 3.05) is 19.0 Å². The Labute approximate surface area is 90.1 Å². The molecule has 0 spiro atoms. The molecule has 0 heterocycles. The third-order valence-corrected chi connectivity index (χ3v) is 3.00. The predicted octanol–water partition coefficient (Wildman–Crippen LogP) is 2.61. The van der Waals surface area contributed by atoms with Crippen molar-refractivity contribution in [3.8, 4) is 11.5 Å². The molecular formula is C12H17NO2. The third kappa shape index (κ3) is 2.35. The molecule has 3 nitrogen and oxygen atoms in total. The Bertz CT molecular complexity index is 334. The van der Waals surface area contributed by atoms with E-state index in [9.17, 15) is 5.11 Å². The van der Waals surface area contributed by atoms with Gasteiger partial charge in [0.1, 0.15) is 0 Å². The zero-order chi connectivity index (χ0) is 10.7. The number of methoxy groups -OCH3 is 1. The quantitative estimate of drug-likeness (QED) is 0.797. The van der Waals surface area contributed by atoms with Crippen LogP contribution < -0.4 is 10.1 Å². The molecule has 3 heteroatoms. The molecule has 1 aromatic carbocycles. The van der Waals surface area contributed by atoms with Crippen LogP contribution in [0.15, 0.2) is 18.2 Å². The van der Waals surface area contributed by atoms with Crippen LogP contribution in [-0.4, -0.2) is 18.8 Å². The van der Waals surface area contributed by atoms with Crippen LogP contribution in [0.4, 0.5) is 5.69 Å². The number of ether oxygens (including phenoxy) is 1. The summed E-state index contributed by atoms with van der Waals surface area (Å²) in [5.41, 5.74) is 0.959. The minimum atomic E-state index is 0.191. The number of benzene rings is 1. The van der Waals surface area contributed by atoms with Crippen LogP contribution in [0.3, 0.4) is 0 Å². The number of phenolic OH excluding ortho intramolecular Hbond substituents is 1. The highest BCUT2D eigenvalue weighted by atomic mass is 16.5. The smallest absolute Gasteiger partial charge is 0.160 e. The molecule has 1 aromatic rings. The summed E-state index contributed by atoms with van der Waals surface area (Å²) in [6, 6.07) is 5.41. The van der Waals surface area contributed by atoms with Crippen molar-refractivity contribution in [3.05, 3.63) is 18.2 Å². The topological polar surface area (TPSA) is 41.5 Å². The van der Waals surface area contributed by atoms with Crippen molar-refractivity contribution in [1.29, 1.82) is 0 Å². The first-order chi connectivity index (χ1) is 7.29. The molecule has 15 heavy (non-hydrogen) atoms. The van der Waals surface area contributed by atoms with Crippen LogP contribution in [0.2, 0.25) is 0 Å². The molecule has 1 fully saturated rings. The highest BCUT2D eigenvalue weighted by molar-refractivity contribution is 5.54. The van der Waals surface area contributed by atoms with E-state index in [1.54, 1.807) is 19.2 Å². The van der Waals surface area contributed by atoms with Gasteiger partial charge in [-0.05, 0) is 30.9 Å². The van der Waals surface area contributed by atoms with Crippen molar-refractivity contribution in [3.63, 3.8) is 0 Å². The van der Waals surface area contributed by atoms with Gasteiger partial charge >= 0.3 is 0 Å². The van der Waals surface area contributed by atoms with Gasteiger partial charge in [-0.2, -0.15) is 0 Å². The van der Waals surface area contributed by atoms with E-state index in [4.69, 9.17) is 4.74 Å². The summed E-state index contributed by atoms with van der Waals surface area (Å²) in [4.78, 5) is 0. The standard InChI is InChI=1S/C12H17NO2/c1-15-12-6-5-10(7-11(12)14)13-8-9-3-2-4-9/h5-7,9,13-14H,2-4,8H2,1H3. The van der Waals surface area contributed by atoms with Crippen LogP contribution in [0.25, 0.3) is 0 Å². The lowest BCUT2D eigenvalue weighted by Crippen LogP contribution is -2.20. The lowest BCUT2D eigenvalue weighted by Gasteiger charge is -2.25. The Morgan fingerprint density at radius 2 is 2.27 bits per heavy atom. The summed E-state index contributed by atoms with van der Waals surface area (Å²) in [6.45, 7) is 1.01. The van der Waals surface area contributed by atoms with Gasteiger partial charge in [0.05, 0.1) is 7.11 Å². The molecule has 0 bridgehead atoms. The molecule has 1 aliphatic rings. The van der Waals surface area contributed by atoms with Crippen molar-refractivity contribution in [2.24, 2.45) is 5.92 Å². The largest absolute Gasteiger partial charge is 0.504 e. The average Bonchev–Trinajstić information content (AvgIpc) is 2.16. The SMILES string of the molecule is COc1ccc(NCC2CCC2)cc1O. The molecule has 0 saturated heterocycles. The van der Waals surface area contributed by atoms with Gasteiger partial charge in [0.2, 0.25) is 0 Å². The first kappa shape index (κ1) is 10.1. The highest BCUT2D eigenvalue weighted by Gasteiger charge is 2.16. The first-order valence-electron chi connectivity index (χ1n) is 5.40. The Kier molecular flexibility index (Phi) is 2.99. The molecule has 82 valence electrons. The van der Waals surface area contributed by atoms with Crippen LogP contribution in [0.1, 0.15) is 19.3 Å². The van der Waals surface area contributed by atoms with E-state index in [0.29, 0.717) is 5.75 Å². The summed E-state index contributed by atoms with van der Waals surface area (Å²) in [5.74, 6) is 1.52. The number of hydrogen-bond donors (Lipinski definition) is 2. The maximum absolute atomic E-state index is 9.56. The summed E-state index contributed by atoms with van der Waals surface area (Å²) >= 11 is 0. The maximum atomic E-state index is 9.56. The summed E-state index contributed by atoms with van der Waals surface area (Å²) < 4.78 is 4.98. The molecule has 0 aromatic heterocycles. The van der Waals surface area contributed by atoms with Gasteiger partial charge in [-0.3, -0.25) is 0 Å². The molecule has 1 saturated carbocycles. The van der Waals surface area contributed by atoms with E-state index in [2.05, 4.69) is 5.32 Å². The van der Waals surface area contributed by atoms with Crippen molar-refractivity contribution < 1.29 is 9.84 Å². The average molecular weight is 207 g/mol. The van der Waals surface area contributed by atoms with Gasteiger partial charge in [-0.1, -0.05) is 6.42 Å². The Hall–Kier alpha value is -1.38. The molecule has 0 aliphatic heterocycles. The molecule has 0 atom stereocenters. The van der Waals surface area contributed by atoms with E-state index in [0.717, 1.165) is 18.2 Å². The van der Waals surface area contributed by atoms with Gasteiger partial charge in [-0.25, -0.2) is 0 Å². The Balaban J connectivity index is 1.93. The molecule has 1 aliphatic carbocycles. The summed E-state index contributed by atoms with van der Waals surface area (Å²) in [6.07, 6.45) is 4.02. The van der Waals surface area contributed by atoms with Crippen molar-refractivity contribution in [2.45, 2.75) is 19.3 Å². The fourth-order valence-electron chi connectivity index (χ4n) is 1.76. The normalized spacial score (nSPS) is 15.8. The highest BCUT2D eigenvalue weighted by Crippen LogP contribution is 2.30. The van der Waals surface area contributed by atoms with Gasteiger partial charge in [-0.15, -0.1) is 0 Å². The summed E-state index contributed by atoms with van der Waals surface area (Å²) in [7, 11) is 1.55. The zero-order valence-corrected chi connectivity index (χ0v) is 8.99. The fourth-order valence-corrected chi connectivity index (χ4v) is 1.76. The minimum absolute atomic E-state index is 0.191. The second-order valence-corrected chi connectivity index (χ2v) is 4.06. The fraction of sp³-hybridized carbons (Fsp3) is 0.500. The second kappa shape index (κ2) is 4.43. The van der Waals surface area contributed by atoms with Crippen molar-refractivity contribution >= 4 is 5.69 Å². The van der Waals surface area contributed by atoms with Crippen LogP contribution >= 0.6 is 0 Å². The number of phenols is 1. The van der Waals surface area contributed by atoms with E-state index >= 15 is 0 Å². The molecule has 2 rings (SSSR count). The molecular weight excluding hydrogens is 190 g/mol. The molecule has 0 unspecified atom stereocenters. The first-order valence-corrected chi connectivity index (χ1v) is 5.40. The van der Waals surface area contributed by atoms with Gasteiger partial charge in [0.25, 0.3) is 0 Å². The zero-order valence-electron chi connectivity index (χ0n) is 8.99. The predicted molar refractivity (Wildman–Crippen MR) is 60.5 cm³/mol. The van der Waals surface area contributed by atoms with Gasteiger partial charge in [0.15, 0.2) is 11.5 Å². The number of nitrogens with one attached hydrogen (secondary N) is 1. The Morgan fingerprint density at radius 3 is 2.80 bits per heavy atom. The van der Waals surface area contributed by atoms with Crippen LogP contribution in [0.5, 0.6) is 11.5 Å². The molecule has 0 radical (unpaired) electrons. The number of hydrogen-bond acceptors (Lipinski definition) is 3. The monoisotopic (exact) mass is 207 g/mol. The lowest BCUT2D eigenvalue weighted by molar-refractivity contribution is 0.333. The molecule has 0 amide bonds. The number of aromatic hydroxyl groups is 1. The Morgan fingerprint density at radius 1 is 1.47 bits per heavy atom. The summed E-state index contributed by atoms with van der Waals surface area (Å²) in [5, 5.41) is 12.9. The van der Waals surface area contributed by atoms with E-state index in [1.807, 2.05) is 6.07 Å². The van der Waals surface area contributed by atoms with E-state index in [1.165, 1.54) is 19.3 Å². The second-order valence-electron chi connectivity index (χ2n) is 4.06. The third-order valence-electron chi connectivity index (χ3n) is 3.00. The van der Waals surface area contributed by atoms with Gasteiger partial charge in [0, 0.05) is 18.3 Å². The van der Waals surface area contributed by atoms with Crippen LogP contribution in [0, 0.1) is 5.92 Å². The lowest BCUT2D eigenvalue weighted by atomic mass is 9.85.